The number of rotatable bonds is 7. The first-order chi connectivity index (χ1) is 10.2. The van der Waals surface area contributed by atoms with Gasteiger partial charge in [0.15, 0.2) is 0 Å². The summed E-state index contributed by atoms with van der Waals surface area (Å²) in [5.74, 6) is -0.973. The minimum atomic E-state index is -1.03. The van der Waals surface area contributed by atoms with E-state index < -0.39 is 5.97 Å². The molecule has 0 radical (unpaired) electrons. The molecule has 0 aliphatic carbocycles. The molecule has 0 spiro atoms. The maximum atomic E-state index is 11.4. The van der Waals surface area contributed by atoms with Crippen molar-refractivity contribution in [2.24, 2.45) is 0 Å². The summed E-state index contributed by atoms with van der Waals surface area (Å²) in [4.78, 5) is 15.6. The topological polar surface area (TPSA) is 55.1 Å². The van der Waals surface area contributed by atoms with E-state index in [0.717, 1.165) is 17.0 Å². The lowest BCUT2D eigenvalue weighted by molar-refractivity contribution is 0.0678. The van der Waals surface area contributed by atoms with Crippen molar-refractivity contribution in [1.82, 2.24) is 9.55 Å². The van der Waals surface area contributed by atoms with Gasteiger partial charge in [0, 0.05) is 25.1 Å². The minimum Gasteiger partial charge on any atom is -0.475 e. The van der Waals surface area contributed by atoms with Gasteiger partial charge in [0.1, 0.15) is 0 Å². The predicted molar refractivity (Wildman–Crippen MR) is 82.5 cm³/mol. The predicted octanol–water partition coefficient (Wildman–Crippen LogP) is 3.09. The highest BCUT2D eigenvalue weighted by Crippen LogP contribution is 2.18. The molecule has 2 rings (SSSR count). The minimum absolute atomic E-state index is 0.0534. The summed E-state index contributed by atoms with van der Waals surface area (Å²) in [6.45, 7) is 7.84. The average molecular weight is 282 g/mol. The number of hydrogen-bond acceptors (Lipinski definition) is 2. The van der Waals surface area contributed by atoms with Gasteiger partial charge < -0.3 is 9.67 Å². The molecule has 4 heteroatoms. The van der Waals surface area contributed by atoms with Crippen LogP contribution in [0.2, 0.25) is 0 Å². The Bertz CT molecular complexity index is 657. The van der Waals surface area contributed by atoms with Gasteiger partial charge in [-0.1, -0.05) is 42.5 Å². The molecule has 0 fully saturated rings. The average Bonchev–Trinajstić information content (AvgIpc) is 2.80. The first kappa shape index (κ1) is 14.8. The summed E-state index contributed by atoms with van der Waals surface area (Å²) in [5.41, 5.74) is 2.77. The highest BCUT2D eigenvalue weighted by atomic mass is 16.4. The lowest BCUT2D eigenvalue weighted by Gasteiger charge is -2.09. The molecular formula is C17H18N2O2. The van der Waals surface area contributed by atoms with Crippen LogP contribution in [0.3, 0.4) is 0 Å². The third-order valence-electron chi connectivity index (χ3n) is 3.21. The fourth-order valence-electron chi connectivity index (χ4n) is 2.31. The number of benzene rings is 1. The van der Waals surface area contributed by atoms with Crippen LogP contribution in [0.4, 0.5) is 0 Å². The van der Waals surface area contributed by atoms with E-state index in [4.69, 9.17) is 0 Å². The Morgan fingerprint density at radius 3 is 2.52 bits per heavy atom. The smallest absolute Gasteiger partial charge is 0.372 e. The first-order valence-electron chi connectivity index (χ1n) is 6.74. The SMILES string of the molecule is C=CCc1nc(C(=O)O)n(CC=C)c1Cc1ccccc1. The van der Waals surface area contributed by atoms with Gasteiger partial charge in [0.05, 0.1) is 5.69 Å². The number of imidazole rings is 1. The highest BCUT2D eigenvalue weighted by Gasteiger charge is 2.20. The Labute approximate surface area is 124 Å². The zero-order valence-corrected chi connectivity index (χ0v) is 11.8. The van der Waals surface area contributed by atoms with Crippen LogP contribution in [-0.4, -0.2) is 20.6 Å². The summed E-state index contributed by atoms with van der Waals surface area (Å²) in [6, 6.07) is 9.92. The normalized spacial score (nSPS) is 10.3. The fraction of sp³-hybridized carbons (Fsp3) is 0.176. The van der Waals surface area contributed by atoms with Crippen molar-refractivity contribution in [2.45, 2.75) is 19.4 Å². The van der Waals surface area contributed by atoms with Gasteiger partial charge in [-0.3, -0.25) is 0 Å². The van der Waals surface area contributed by atoms with E-state index in [9.17, 15) is 9.90 Å². The van der Waals surface area contributed by atoms with Crippen molar-refractivity contribution in [3.63, 3.8) is 0 Å². The summed E-state index contributed by atoms with van der Waals surface area (Å²) < 4.78 is 1.71. The van der Waals surface area contributed by atoms with Crippen LogP contribution in [0, 0.1) is 0 Å². The second-order valence-corrected chi connectivity index (χ2v) is 4.69. The molecule has 2 aromatic rings. The zero-order valence-electron chi connectivity index (χ0n) is 11.8. The van der Waals surface area contributed by atoms with Crippen LogP contribution in [0.15, 0.2) is 55.6 Å². The number of allylic oxidation sites excluding steroid dienone is 2. The number of carboxylic acid groups (broad SMARTS) is 1. The molecule has 0 saturated carbocycles. The lowest BCUT2D eigenvalue weighted by Crippen LogP contribution is -2.11. The third kappa shape index (κ3) is 3.28. The molecule has 1 heterocycles. The standard InChI is InChI=1S/C17H18N2O2/c1-3-8-14-15(12-13-9-6-5-7-10-13)19(11-4-2)16(18-14)17(20)21/h3-7,9-10H,1-2,8,11-12H2,(H,20,21). The summed E-state index contributed by atoms with van der Waals surface area (Å²) in [7, 11) is 0. The molecule has 21 heavy (non-hydrogen) atoms. The van der Waals surface area contributed by atoms with Gasteiger partial charge in [-0.15, -0.1) is 13.2 Å². The van der Waals surface area contributed by atoms with Gasteiger partial charge in [0.2, 0.25) is 5.82 Å². The van der Waals surface area contributed by atoms with Gasteiger partial charge in [-0.25, -0.2) is 9.78 Å². The molecule has 0 aliphatic rings. The summed E-state index contributed by atoms with van der Waals surface area (Å²) in [5, 5.41) is 9.32. The number of aromatic carboxylic acids is 1. The van der Waals surface area contributed by atoms with Gasteiger partial charge >= 0.3 is 5.97 Å². The fourth-order valence-corrected chi connectivity index (χ4v) is 2.31. The monoisotopic (exact) mass is 282 g/mol. The number of aromatic nitrogens is 2. The van der Waals surface area contributed by atoms with Crippen LogP contribution < -0.4 is 0 Å². The molecule has 0 aliphatic heterocycles. The first-order valence-corrected chi connectivity index (χ1v) is 6.74. The zero-order chi connectivity index (χ0) is 15.2. The molecular weight excluding hydrogens is 264 g/mol. The number of nitrogens with zero attached hydrogens (tertiary/aromatic N) is 2. The Hall–Kier alpha value is -2.62. The van der Waals surface area contributed by atoms with Crippen LogP contribution >= 0.6 is 0 Å². The molecule has 1 N–H and O–H groups in total. The summed E-state index contributed by atoms with van der Waals surface area (Å²) >= 11 is 0. The Morgan fingerprint density at radius 2 is 1.95 bits per heavy atom. The van der Waals surface area contributed by atoms with Crippen molar-refractivity contribution >= 4 is 5.97 Å². The second kappa shape index (κ2) is 6.70. The van der Waals surface area contributed by atoms with E-state index in [1.807, 2.05) is 30.3 Å². The second-order valence-electron chi connectivity index (χ2n) is 4.69. The molecule has 1 aromatic heterocycles. The lowest BCUT2D eigenvalue weighted by atomic mass is 10.1. The maximum Gasteiger partial charge on any atom is 0.372 e. The van der Waals surface area contributed by atoms with Crippen molar-refractivity contribution < 1.29 is 9.90 Å². The van der Waals surface area contributed by atoms with Crippen LogP contribution in [0.1, 0.15) is 27.6 Å². The van der Waals surface area contributed by atoms with Gasteiger partial charge in [0.25, 0.3) is 0 Å². The van der Waals surface area contributed by atoms with Gasteiger partial charge in [-0.2, -0.15) is 0 Å². The van der Waals surface area contributed by atoms with Crippen LogP contribution in [0.5, 0.6) is 0 Å². The Morgan fingerprint density at radius 1 is 1.24 bits per heavy atom. The van der Waals surface area contributed by atoms with E-state index in [0.29, 0.717) is 19.4 Å². The molecule has 0 unspecified atom stereocenters. The molecule has 108 valence electrons. The summed E-state index contributed by atoms with van der Waals surface area (Å²) in [6.07, 6.45) is 4.60. The molecule has 0 amide bonds. The molecule has 0 atom stereocenters. The van der Waals surface area contributed by atoms with E-state index in [-0.39, 0.29) is 5.82 Å². The number of carboxylic acids is 1. The van der Waals surface area contributed by atoms with E-state index >= 15 is 0 Å². The van der Waals surface area contributed by atoms with Crippen molar-refractivity contribution in [3.8, 4) is 0 Å². The van der Waals surface area contributed by atoms with E-state index in [1.54, 1.807) is 16.7 Å². The quantitative estimate of drug-likeness (QED) is 0.794. The van der Waals surface area contributed by atoms with Crippen LogP contribution in [0.25, 0.3) is 0 Å². The van der Waals surface area contributed by atoms with Crippen molar-refractivity contribution in [2.75, 3.05) is 0 Å². The van der Waals surface area contributed by atoms with Gasteiger partial charge in [-0.05, 0) is 5.56 Å². The van der Waals surface area contributed by atoms with Crippen molar-refractivity contribution in [1.29, 1.82) is 0 Å². The molecule has 0 saturated heterocycles. The van der Waals surface area contributed by atoms with E-state index in [2.05, 4.69) is 18.1 Å². The Balaban J connectivity index is 2.51. The van der Waals surface area contributed by atoms with E-state index in [1.165, 1.54) is 0 Å². The molecule has 4 nitrogen and oxygen atoms in total. The van der Waals surface area contributed by atoms with Crippen LogP contribution in [-0.2, 0) is 19.4 Å². The van der Waals surface area contributed by atoms with Crippen molar-refractivity contribution in [3.05, 3.63) is 78.4 Å². The highest BCUT2D eigenvalue weighted by molar-refractivity contribution is 5.84. The third-order valence-corrected chi connectivity index (χ3v) is 3.21. The molecule has 1 aromatic carbocycles. The number of carbonyl (C=O) groups is 1. The number of hydrogen-bond donors (Lipinski definition) is 1. The maximum absolute atomic E-state index is 11.4. The largest absolute Gasteiger partial charge is 0.475 e. The Kier molecular flexibility index (Phi) is 4.72. The molecule has 0 bridgehead atoms.